The third kappa shape index (κ3) is 5.04. The van der Waals surface area contributed by atoms with Crippen LogP contribution in [0.4, 0.5) is 0 Å². The molecule has 1 saturated heterocycles. The summed E-state index contributed by atoms with van der Waals surface area (Å²) in [6.45, 7) is 5.37. The summed E-state index contributed by atoms with van der Waals surface area (Å²) < 4.78 is 2.44. The summed E-state index contributed by atoms with van der Waals surface area (Å²) in [5.41, 5.74) is 3.46. The SMILES string of the molecule is Cc1cccc(-c2n[nH]c(=S)n2CCC(=O)N[C@H]2CCN(Cc3ccccc3)C2)c1. The molecular weight excluding hydrogens is 394 g/mol. The molecular formula is C23H27N5OS. The minimum absolute atomic E-state index is 0.0554. The number of hydrogen-bond acceptors (Lipinski definition) is 4. The third-order valence-electron chi connectivity index (χ3n) is 5.48. The van der Waals surface area contributed by atoms with E-state index in [1.165, 1.54) is 5.56 Å². The van der Waals surface area contributed by atoms with Gasteiger partial charge >= 0.3 is 0 Å². The normalized spacial score (nSPS) is 16.6. The highest BCUT2D eigenvalue weighted by Crippen LogP contribution is 2.19. The molecule has 2 N–H and O–H groups in total. The number of carbonyl (C=O) groups is 1. The van der Waals surface area contributed by atoms with Crippen LogP contribution in [0.5, 0.6) is 0 Å². The summed E-state index contributed by atoms with van der Waals surface area (Å²) in [4.78, 5) is 15.0. The van der Waals surface area contributed by atoms with Gasteiger partial charge in [-0.15, -0.1) is 0 Å². The molecule has 2 aromatic carbocycles. The molecule has 0 bridgehead atoms. The van der Waals surface area contributed by atoms with Gasteiger partial charge in [0.05, 0.1) is 0 Å². The quantitative estimate of drug-likeness (QED) is 0.571. The summed E-state index contributed by atoms with van der Waals surface area (Å²) in [6, 6.07) is 18.8. The van der Waals surface area contributed by atoms with Crippen LogP contribution in [0.2, 0.25) is 0 Å². The van der Waals surface area contributed by atoms with Crippen molar-refractivity contribution in [1.29, 1.82) is 0 Å². The summed E-state index contributed by atoms with van der Waals surface area (Å²) >= 11 is 5.39. The molecule has 1 aliphatic heterocycles. The minimum atomic E-state index is 0.0554. The van der Waals surface area contributed by atoms with Crippen LogP contribution in [-0.2, 0) is 17.9 Å². The molecule has 0 spiro atoms. The van der Waals surface area contributed by atoms with E-state index in [2.05, 4.69) is 50.7 Å². The van der Waals surface area contributed by atoms with Gasteiger partial charge in [0, 0.05) is 44.2 Å². The zero-order chi connectivity index (χ0) is 20.9. The molecule has 30 heavy (non-hydrogen) atoms. The molecule has 1 fully saturated rings. The van der Waals surface area contributed by atoms with E-state index in [-0.39, 0.29) is 11.9 Å². The molecule has 0 saturated carbocycles. The summed E-state index contributed by atoms with van der Waals surface area (Å²) in [5.74, 6) is 0.825. The van der Waals surface area contributed by atoms with E-state index < -0.39 is 0 Å². The molecule has 0 unspecified atom stereocenters. The van der Waals surface area contributed by atoms with E-state index in [1.54, 1.807) is 0 Å². The van der Waals surface area contributed by atoms with E-state index in [9.17, 15) is 4.79 Å². The number of H-pyrrole nitrogens is 1. The van der Waals surface area contributed by atoms with Gasteiger partial charge in [0.15, 0.2) is 10.6 Å². The second-order valence-corrected chi connectivity index (χ2v) is 8.28. The Balaban J connectivity index is 1.31. The van der Waals surface area contributed by atoms with Crippen molar-refractivity contribution in [3.63, 3.8) is 0 Å². The van der Waals surface area contributed by atoms with Gasteiger partial charge in [0.2, 0.25) is 5.91 Å². The second-order valence-electron chi connectivity index (χ2n) is 7.90. The van der Waals surface area contributed by atoms with Crippen molar-refractivity contribution in [3.8, 4) is 11.4 Å². The number of benzene rings is 2. The number of nitrogens with one attached hydrogen (secondary N) is 2. The number of hydrogen-bond donors (Lipinski definition) is 2. The number of carbonyl (C=O) groups excluding carboxylic acids is 1. The van der Waals surface area contributed by atoms with Gasteiger partial charge in [0.1, 0.15) is 0 Å². The number of amides is 1. The van der Waals surface area contributed by atoms with Crippen LogP contribution in [-0.4, -0.2) is 44.7 Å². The summed E-state index contributed by atoms with van der Waals surface area (Å²) in [7, 11) is 0. The molecule has 1 aliphatic rings. The Morgan fingerprint density at radius 3 is 2.87 bits per heavy atom. The highest BCUT2D eigenvalue weighted by Gasteiger charge is 2.23. The van der Waals surface area contributed by atoms with E-state index >= 15 is 0 Å². The van der Waals surface area contributed by atoms with Gasteiger partial charge < -0.3 is 5.32 Å². The van der Waals surface area contributed by atoms with E-state index in [4.69, 9.17) is 12.2 Å². The van der Waals surface area contributed by atoms with Crippen LogP contribution in [0.25, 0.3) is 11.4 Å². The van der Waals surface area contributed by atoms with Crippen LogP contribution in [0.3, 0.4) is 0 Å². The van der Waals surface area contributed by atoms with Crippen LogP contribution < -0.4 is 5.32 Å². The van der Waals surface area contributed by atoms with E-state index in [0.29, 0.717) is 17.7 Å². The molecule has 7 heteroatoms. The van der Waals surface area contributed by atoms with Crippen molar-refractivity contribution in [2.45, 2.75) is 38.9 Å². The van der Waals surface area contributed by atoms with Crippen LogP contribution in [0, 0.1) is 11.7 Å². The lowest BCUT2D eigenvalue weighted by atomic mass is 10.1. The fourth-order valence-electron chi connectivity index (χ4n) is 3.98. The second kappa shape index (κ2) is 9.36. The summed E-state index contributed by atoms with van der Waals surface area (Å²) in [6.07, 6.45) is 1.36. The Morgan fingerprint density at radius 2 is 2.07 bits per heavy atom. The Morgan fingerprint density at radius 1 is 1.23 bits per heavy atom. The van der Waals surface area contributed by atoms with Crippen molar-refractivity contribution in [2.75, 3.05) is 13.1 Å². The predicted octanol–water partition coefficient (Wildman–Crippen LogP) is 3.70. The lowest BCUT2D eigenvalue weighted by molar-refractivity contribution is -0.121. The zero-order valence-corrected chi connectivity index (χ0v) is 18.0. The summed E-state index contributed by atoms with van der Waals surface area (Å²) in [5, 5.41) is 10.4. The number of rotatable bonds is 7. The average Bonchev–Trinajstić information content (AvgIpc) is 3.33. The van der Waals surface area contributed by atoms with Crippen molar-refractivity contribution in [1.82, 2.24) is 25.0 Å². The van der Waals surface area contributed by atoms with Crippen LogP contribution in [0.1, 0.15) is 24.0 Å². The van der Waals surface area contributed by atoms with Crippen molar-refractivity contribution in [3.05, 3.63) is 70.5 Å². The number of aromatic nitrogens is 3. The van der Waals surface area contributed by atoms with E-state index in [0.717, 1.165) is 43.0 Å². The largest absolute Gasteiger partial charge is 0.352 e. The molecule has 1 aromatic heterocycles. The Labute approximate surface area is 181 Å². The van der Waals surface area contributed by atoms with Crippen molar-refractivity contribution in [2.24, 2.45) is 0 Å². The van der Waals surface area contributed by atoms with Crippen molar-refractivity contribution < 1.29 is 4.79 Å². The first-order valence-electron chi connectivity index (χ1n) is 10.4. The topological polar surface area (TPSA) is 66.0 Å². The molecule has 1 amide bonds. The lowest BCUT2D eigenvalue weighted by Gasteiger charge is -2.17. The van der Waals surface area contributed by atoms with E-state index in [1.807, 2.05) is 35.8 Å². The fraction of sp³-hybridized carbons (Fsp3) is 0.348. The Hall–Kier alpha value is -2.77. The molecule has 3 aromatic rings. The van der Waals surface area contributed by atoms with Gasteiger partial charge in [-0.2, -0.15) is 5.10 Å². The Kier molecular flexibility index (Phi) is 6.40. The van der Waals surface area contributed by atoms with Gasteiger partial charge in [-0.05, 0) is 37.2 Å². The smallest absolute Gasteiger partial charge is 0.222 e. The number of aromatic amines is 1. The maximum absolute atomic E-state index is 12.6. The first-order chi connectivity index (χ1) is 14.6. The zero-order valence-electron chi connectivity index (χ0n) is 17.2. The average molecular weight is 422 g/mol. The molecule has 2 heterocycles. The van der Waals surface area contributed by atoms with Crippen LogP contribution >= 0.6 is 12.2 Å². The monoisotopic (exact) mass is 421 g/mol. The highest BCUT2D eigenvalue weighted by atomic mass is 32.1. The van der Waals surface area contributed by atoms with Gasteiger partial charge in [-0.1, -0.05) is 54.1 Å². The van der Waals surface area contributed by atoms with Crippen molar-refractivity contribution >= 4 is 18.1 Å². The molecule has 0 radical (unpaired) electrons. The first kappa shape index (κ1) is 20.5. The standard InChI is InChI=1S/C23H27N5OS/c1-17-6-5-9-19(14-17)22-25-26-23(30)28(22)13-11-21(29)24-20-10-12-27(16-20)15-18-7-3-2-4-8-18/h2-9,14,20H,10-13,15-16H2,1H3,(H,24,29)(H,26,30)/t20-/m0/s1. The first-order valence-corrected chi connectivity index (χ1v) is 10.8. The number of nitrogens with zero attached hydrogens (tertiary/aromatic N) is 3. The maximum atomic E-state index is 12.6. The van der Waals surface area contributed by atoms with Gasteiger partial charge in [-0.3, -0.25) is 19.4 Å². The highest BCUT2D eigenvalue weighted by molar-refractivity contribution is 7.71. The van der Waals surface area contributed by atoms with Gasteiger partial charge in [-0.25, -0.2) is 0 Å². The minimum Gasteiger partial charge on any atom is -0.352 e. The molecule has 1 atom stereocenters. The molecule has 6 nitrogen and oxygen atoms in total. The molecule has 0 aliphatic carbocycles. The predicted molar refractivity (Wildman–Crippen MR) is 120 cm³/mol. The fourth-order valence-corrected chi connectivity index (χ4v) is 4.20. The maximum Gasteiger partial charge on any atom is 0.222 e. The third-order valence-corrected chi connectivity index (χ3v) is 5.80. The van der Waals surface area contributed by atoms with Crippen LogP contribution in [0.15, 0.2) is 54.6 Å². The molecule has 4 rings (SSSR count). The Bertz CT molecular complexity index is 1060. The molecule has 156 valence electrons. The number of likely N-dealkylation sites (tertiary alicyclic amines) is 1. The lowest BCUT2D eigenvalue weighted by Crippen LogP contribution is -2.37. The van der Waals surface area contributed by atoms with Gasteiger partial charge in [0.25, 0.3) is 0 Å². The number of aryl methyl sites for hydroxylation is 1.